The van der Waals surface area contributed by atoms with Gasteiger partial charge in [-0.15, -0.1) is 0 Å². The molecule has 0 aliphatic rings. The lowest BCUT2D eigenvalue weighted by Gasteiger charge is -2.02. The molecule has 0 saturated carbocycles. The van der Waals surface area contributed by atoms with Crippen molar-refractivity contribution in [2.75, 3.05) is 12.4 Å². The molecule has 3 rings (SSSR count). The Morgan fingerprint density at radius 2 is 2.06 bits per heavy atom. The molecule has 0 atom stereocenters. The van der Waals surface area contributed by atoms with Crippen LogP contribution >= 0.6 is 11.6 Å². The zero-order valence-corrected chi connectivity index (χ0v) is 10.4. The maximum Gasteiger partial charge on any atom is 0.157 e. The zero-order chi connectivity index (χ0) is 12.5. The lowest BCUT2D eigenvalue weighted by Crippen LogP contribution is -1.96. The summed E-state index contributed by atoms with van der Waals surface area (Å²) >= 11 is 6.09. The lowest BCUT2D eigenvalue weighted by molar-refractivity contribution is 0.628. The van der Waals surface area contributed by atoms with E-state index in [9.17, 15) is 0 Å². The second-order valence-corrected chi connectivity index (χ2v) is 4.18. The van der Waals surface area contributed by atoms with Crippen molar-refractivity contribution < 1.29 is 4.42 Å². The van der Waals surface area contributed by atoms with Gasteiger partial charge in [0, 0.05) is 24.8 Å². The standard InChI is InChI=1S/C13H10ClN3O/c1-15-13-11(16-5-6-17-13)10-7-8-3-2-4-9(14)12(8)18-10/h2-7H,1H3,(H,15,17). The van der Waals surface area contributed by atoms with E-state index in [2.05, 4.69) is 15.3 Å². The maximum absolute atomic E-state index is 6.09. The Kier molecular flexibility index (Phi) is 2.64. The number of hydrogen-bond acceptors (Lipinski definition) is 4. The fraction of sp³-hybridized carbons (Fsp3) is 0.0769. The SMILES string of the molecule is CNc1nccnc1-c1cc2cccc(Cl)c2o1. The Balaban J connectivity index is 2.23. The van der Waals surface area contributed by atoms with Crippen molar-refractivity contribution in [2.24, 2.45) is 0 Å². The average molecular weight is 260 g/mol. The largest absolute Gasteiger partial charge is 0.453 e. The third-order valence-corrected chi connectivity index (χ3v) is 2.96. The molecule has 4 nitrogen and oxygen atoms in total. The van der Waals surface area contributed by atoms with E-state index < -0.39 is 0 Å². The molecule has 1 aromatic carbocycles. The number of nitrogens with zero attached hydrogens (tertiary/aromatic N) is 2. The summed E-state index contributed by atoms with van der Waals surface area (Å²) in [4.78, 5) is 8.48. The first kappa shape index (κ1) is 11.0. The van der Waals surface area contributed by atoms with E-state index in [0.29, 0.717) is 27.9 Å². The predicted octanol–water partition coefficient (Wildman–Crippen LogP) is 3.58. The van der Waals surface area contributed by atoms with Crippen molar-refractivity contribution in [2.45, 2.75) is 0 Å². The van der Waals surface area contributed by atoms with Crippen molar-refractivity contribution in [3.05, 3.63) is 41.7 Å². The van der Waals surface area contributed by atoms with Gasteiger partial charge < -0.3 is 9.73 Å². The van der Waals surface area contributed by atoms with Crippen LogP contribution in [-0.4, -0.2) is 17.0 Å². The van der Waals surface area contributed by atoms with Crippen molar-refractivity contribution in [3.8, 4) is 11.5 Å². The minimum atomic E-state index is 0.591. The molecule has 0 radical (unpaired) electrons. The highest BCUT2D eigenvalue weighted by Gasteiger charge is 2.13. The molecule has 5 heteroatoms. The number of para-hydroxylation sites is 1. The summed E-state index contributed by atoms with van der Waals surface area (Å²) < 4.78 is 5.75. The summed E-state index contributed by atoms with van der Waals surface area (Å²) in [5.41, 5.74) is 1.34. The number of halogens is 1. The van der Waals surface area contributed by atoms with E-state index in [4.69, 9.17) is 16.0 Å². The van der Waals surface area contributed by atoms with Crippen LogP contribution in [0.4, 0.5) is 5.82 Å². The molecule has 2 heterocycles. The number of nitrogens with one attached hydrogen (secondary N) is 1. The van der Waals surface area contributed by atoms with E-state index in [-0.39, 0.29) is 0 Å². The van der Waals surface area contributed by atoms with Crippen LogP contribution < -0.4 is 5.32 Å². The lowest BCUT2D eigenvalue weighted by atomic mass is 10.2. The number of fused-ring (bicyclic) bond motifs is 1. The van der Waals surface area contributed by atoms with E-state index in [1.165, 1.54) is 0 Å². The zero-order valence-electron chi connectivity index (χ0n) is 9.64. The Morgan fingerprint density at radius 1 is 1.22 bits per heavy atom. The molecule has 1 N–H and O–H groups in total. The van der Waals surface area contributed by atoms with Crippen LogP contribution in [0.15, 0.2) is 41.1 Å². The van der Waals surface area contributed by atoms with E-state index >= 15 is 0 Å². The van der Waals surface area contributed by atoms with Gasteiger partial charge in [-0.2, -0.15) is 0 Å². The van der Waals surface area contributed by atoms with E-state index in [1.807, 2.05) is 18.2 Å². The van der Waals surface area contributed by atoms with E-state index in [1.54, 1.807) is 25.5 Å². The maximum atomic E-state index is 6.09. The molecular weight excluding hydrogens is 250 g/mol. The van der Waals surface area contributed by atoms with Crippen molar-refractivity contribution in [3.63, 3.8) is 0 Å². The molecule has 0 aliphatic heterocycles. The van der Waals surface area contributed by atoms with Crippen LogP contribution in [-0.2, 0) is 0 Å². The van der Waals surface area contributed by atoms with Gasteiger partial charge in [-0.1, -0.05) is 23.7 Å². The molecule has 90 valence electrons. The number of rotatable bonds is 2. The fourth-order valence-corrected chi connectivity index (χ4v) is 2.07. The van der Waals surface area contributed by atoms with Crippen LogP contribution in [0.2, 0.25) is 5.02 Å². The second-order valence-electron chi connectivity index (χ2n) is 3.77. The highest BCUT2D eigenvalue weighted by molar-refractivity contribution is 6.34. The highest BCUT2D eigenvalue weighted by atomic mass is 35.5. The Bertz CT molecular complexity index is 708. The summed E-state index contributed by atoms with van der Waals surface area (Å²) in [6.07, 6.45) is 3.26. The van der Waals surface area contributed by atoms with Crippen molar-refractivity contribution in [1.29, 1.82) is 0 Å². The molecule has 0 spiro atoms. The number of furan rings is 1. The first-order valence-corrected chi connectivity index (χ1v) is 5.84. The smallest absolute Gasteiger partial charge is 0.157 e. The van der Waals surface area contributed by atoms with Crippen LogP contribution in [0.25, 0.3) is 22.4 Å². The first-order valence-electron chi connectivity index (χ1n) is 5.47. The first-order chi connectivity index (χ1) is 8.79. The van der Waals surface area contributed by atoms with Gasteiger partial charge in [-0.3, -0.25) is 0 Å². The molecule has 0 amide bonds. The van der Waals surface area contributed by atoms with Crippen LogP contribution in [0.5, 0.6) is 0 Å². The topological polar surface area (TPSA) is 51.0 Å². The monoisotopic (exact) mass is 259 g/mol. The van der Waals surface area contributed by atoms with Crippen LogP contribution in [0.3, 0.4) is 0 Å². The van der Waals surface area contributed by atoms with Crippen molar-refractivity contribution in [1.82, 2.24) is 9.97 Å². The quantitative estimate of drug-likeness (QED) is 0.764. The van der Waals surface area contributed by atoms with E-state index in [0.717, 1.165) is 5.39 Å². The summed E-state index contributed by atoms with van der Waals surface area (Å²) in [6.45, 7) is 0. The summed E-state index contributed by atoms with van der Waals surface area (Å²) in [6, 6.07) is 7.54. The van der Waals surface area contributed by atoms with Gasteiger partial charge in [0.25, 0.3) is 0 Å². The van der Waals surface area contributed by atoms with Gasteiger partial charge in [0.2, 0.25) is 0 Å². The van der Waals surface area contributed by atoms with Gasteiger partial charge in [0.05, 0.1) is 5.02 Å². The van der Waals surface area contributed by atoms with Crippen LogP contribution in [0.1, 0.15) is 0 Å². The Morgan fingerprint density at radius 3 is 2.83 bits per heavy atom. The third-order valence-electron chi connectivity index (χ3n) is 2.66. The van der Waals surface area contributed by atoms with Gasteiger partial charge in [0.15, 0.2) is 17.2 Å². The van der Waals surface area contributed by atoms with Gasteiger partial charge in [0.1, 0.15) is 5.69 Å². The summed E-state index contributed by atoms with van der Waals surface area (Å²) in [5.74, 6) is 1.32. The number of hydrogen-bond donors (Lipinski definition) is 1. The van der Waals surface area contributed by atoms with Crippen LogP contribution in [0, 0.1) is 0 Å². The predicted molar refractivity (Wildman–Crippen MR) is 71.8 cm³/mol. The number of anilines is 1. The van der Waals surface area contributed by atoms with Crippen molar-refractivity contribution >= 4 is 28.4 Å². The molecule has 18 heavy (non-hydrogen) atoms. The molecular formula is C13H10ClN3O. The Labute approximate surface area is 109 Å². The molecule has 0 aliphatic carbocycles. The molecule has 2 aromatic heterocycles. The minimum Gasteiger partial charge on any atom is -0.453 e. The second kappa shape index (κ2) is 4.31. The molecule has 0 bridgehead atoms. The molecule has 0 unspecified atom stereocenters. The summed E-state index contributed by atoms with van der Waals surface area (Å²) in [5, 5.41) is 4.53. The minimum absolute atomic E-state index is 0.591. The molecule has 0 saturated heterocycles. The van der Waals surface area contributed by atoms with Gasteiger partial charge in [-0.25, -0.2) is 9.97 Å². The number of aromatic nitrogens is 2. The normalized spacial score (nSPS) is 10.8. The van der Waals surface area contributed by atoms with Gasteiger partial charge >= 0.3 is 0 Å². The average Bonchev–Trinajstić information content (AvgIpc) is 2.84. The number of benzene rings is 1. The van der Waals surface area contributed by atoms with Gasteiger partial charge in [-0.05, 0) is 12.1 Å². The molecule has 0 fully saturated rings. The molecule has 3 aromatic rings. The summed E-state index contributed by atoms with van der Waals surface area (Å²) in [7, 11) is 1.79. The highest BCUT2D eigenvalue weighted by Crippen LogP contribution is 2.33. The fourth-order valence-electron chi connectivity index (χ4n) is 1.85. The third kappa shape index (κ3) is 1.71. The Hall–Kier alpha value is -2.07.